The predicted octanol–water partition coefficient (Wildman–Crippen LogP) is 1.99. The van der Waals surface area contributed by atoms with Gasteiger partial charge in [0, 0.05) is 13.0 Å². The molecule has 0 fully saturated rings. The maximum absolute atomic E-state index is 12.1. The molecular weight excluding hydrogens is 278 g/mol. The number of rotatable bonds is 4. The lowest BCUT2D eigenvalue weighted by Crippen LogP contribution is -2.56. The molecule has 5 heteroatoms. The number of hydrogen-bond acceptors (Lipinski definition) is 4. The van der Waals surface area contributed by atoms with Gasteiger partial charge in [-0.05, 0) is 36.1 Å². The Bertz CT molecular complexity index is 504. The molecule has 2 N–H and O–H groups in total. The number of aromatic hydroxyl groups is 1. The van der Waals surface area contributed by atoms with Crippen LogP contribution in [-0.4, -0.2) is 30.3 Å². The fourth-order valence-electron chi connectivity index (χ4n) is 2.64. The van der Waals surface area contributed by atoms with Gasteiger partial charge in [0.25, 0.3) is 0 Å². The van der Waals surface area contributed by atoms with Crippen LogP contribution in [0.25, 0.3) is 0 Å². The van der Waals surface area contributed by atoms with E-state index < -0.39 is 5.54 Å². The van der Waals surface area contributed by atoms with Crippen LogP contribution in [0, 0.1) is 0 Å². The van der Waals surface area contributed by atoms with Crippen LogP contribution in [0.4, 0.5) is 0 Å². The average Bonchev–Trinajstić information content (AvgIpc) is 2.44. The third-order valence-corrected chi connectivity index (χ3v) is 3.66. The van der Waals surface area contributed by atoms with Gasteiger partial charge in [-0.15, -0.1) is 19.0 Å². The van der Waals surface area contributed by atoms with Crippen LogP contribution in [0.15, 0.2) is 30.9 Å². The molecule has 0 amide bonds. The highest BCUT2D eigenvalue weighted by Gasteiger charge is 2.41. The number of phenolic OH excluding ortho intramolecular Hbond substituents is 1. The van der Waals surface area contributed by atoms with E-state index in [1.807, 2.05) is 6.07 Å². The number of phenols is 1. The van der Waals surface area contributed by atoms with E-state index in [0.29, 0.717) is 19.4 Å². The van der Waals surface area contributed by atoms with E-state index in [9.17, 15) is 9.90 Å². The SMILES string of the molecule is C=CCNC1(C(=O)OC)CCc2cc(O)ccc2C1.Cl. The second kappa shape index (κ2) is 6.77. The summed E-state index contributed by atoms with van der Waals surface area (Å²) in [5.74, 6) is 0.0245. The summed E-state index contributed by atoms with van der Waals surface area (Å²) in [5.41, 5.74) is 1.48. The van der Waals surface area contributed by atoms with E-state index in [4.69, 9.17) is 4.74 Å². The van der Waals surface area contributed by atoms with Crippen LogP contribution in [0.2, 0.25) is 0 Å². The van der Waals surface area contributed by atoms with E-state index in [0.717, 1.165) is 17.5 Å². The Hall–Kier alpha value is -1.52. The molecule has 1 aromatic rings. The van der Waals surface area contributed by atoms with Crippen molar-refractivity contribution in [1.82, 2.24) is 5.32 Å². The van der Waals surface area contributed by atoms with Gasteiger partial charge in [0.05, 0.1) is 7.11 Å². The molecule has 110 valence electrons. The van der Waals surface area contributed by atoms with Gasteiger partial charge < -0.3 is 9.84 Å². The number of fused-ring (bicyclic) bond motifs is 1. The molecule has 2 rings (SSSR count). The van der Waals surface area contributed by atoms with Gasteiger partial charge in [-0.2, -0.15) is 0 Å². The lowest BCUT2D eigenvalue weighted by Gasteiger charge is -2.36. The lowest BCUT2D eigenvalue weighted by atomic mass is 9.77. The summed E-state index contributed by atoms with van der Waals surface area (Å²) >= 11 is 0. The number of aryl methyl sites for hydroxylation is 1. The summed E-state index contributed by atoms with van der Waals surface area (Å²) in [6.45, 7) is 4.23. The first-order valence-corrected chi connectivity index (χ1v) is 6.36. The third-order valence-electron chi connectivity index (χ3n) is 3.66. The number of hydrogen-bond donors (Lipinski definition) is 2. The molecular formula is C15H20ClNO3. The molecule has 0 bridgehead atoms. The molecule has 4 nitrogen and oxygen atoms in total. The average molecular weight is 298 g/mol. The van der Waals surface area contributed by atoms with Gasteiger partial charge in [-0.1, -0.05) is 12.1 Å². The number of nitrogens with one attached hydrogen (secondary N) is 1. The van der Waals surface area contributed by atoms with Gasteiger partial charge >= 0.3 is 5.97 Å². The minimum atomic E-state index is -0.688. The first-order chi connectivity index (χ1) is 9.11. The molecule has 1 aliphatic rings. The van der Waals surface area contributed by atoms with Crippen molar-refractivity contribution < 1.29 is 14.6 Å². The predicted molar refractivity (Wildman–Crippen MR) is 80.3 cm³/mol. The van der Waals surface area contributed by atoms with Gasteiger partial charge in [-0.25, -0.2) is 0 Å². The molecule has 1 atom stereocenters. The van der Waals surface area contributed by atoms with E-state index in [1.54, 1.807) is 18.2 Å². The first kappa shape index (κ1) is 16.5. The van der Waals surface area contributed by atoms with Crippen molar-refractivity contribution >= 4 is 18.4 Å². The molecule has 0 radical (unpaired) electrons. The number of ether oxygens (including phenoxy) is 1. The minimum absolute atomic E-state index is 0. The molecule has 0 aliphatic heterocycles. The Morgan fingerprint density at radius 1 is 1.55 bits per heavy atom. The summed E-state index contributed by atoms with van der Waals surface area (Å²) in [6, 6.07) is 5.29. The molecule has 0 saturated heterocycles. The van der Waals surface area contributed by atoms with Crippen molar-refractivity contribution in [3.05, 3.63) is 42.0 Å². The Balaban J connectivity index is 0.00000200. The zero-order chi connectivity index (χ0) is 13.9. The van der Waals surface area contributed by atoms with Crippen LogP contribution in [0.5, 0.6) is 5.75 Å². The normalized spacial score (nSPS) is 20.4. The molecule has 1 aliphatic carbocycles. The van der Waals surface area contributed by atoms with Gasteiger partial charge in [0.15, 0.2) is 0 Å². The van der Waals surface area contributed by atoms with Gasteiger partial charge in [-0.3, -0.25) is 10.1 Å². The van der Waals surface area contributed by atoms with Crippen LogP contribution < -0.4 is 5.32 Å². The minimum Gasteiger partial charge on any atom is -0.508 e. The maximum atomic E-state index is 12.1. The smallest absolute Gasteiger partial charge is 0.326 e. The van der Waals surface area contributed by atoms with Crippen LogP contribution in [0.3, 0.4) is 0 Å². The molecule has 1 aromatic carbocycles. The second-order valence-electron chi connectivity index (χ2n) is 4.87. The summed E-state index contributed by atoms with van der Waals surface area (Å²) in [6.07, 6.45) is 3.70. The molecule has 0 heterocycles. The monoisotopic (exact) mass is 297 g/mol. The van der Waals surface area contributed by atoms with Crippen molar-refractivity contribution in [1.29, 1.82) is 0 Å². The number of esters is 1. The van der Waals surface area contributed by atoms with Gasteiger partial charge in [0.1, 0.15) is 11.3 Å². The highest BCUT2D eigenvalue weighted by atomic mass is 35.5. The quantitative estimate of drug-likeness (QED) is 0.659. The summed E-state index contributed by atoms with van der Waals surface area (Å²) in [5, 5.41) is 12.7. The van der Waals surface area contributed by atoms with Crippen LogP contribution in [-0.2, 0) is 22.4 Å². The van der Waals surface area contributed by atoms with E-state index in [-0.39, 0.29) is 24.1 Å². The van der Waals surface area contributed by atoms with Crippen LogP contribution >= 0.6 is 12.4 Å². The second-order valence-corrected chi connectivity index (χ2v) is 4.87. The van der Waals surface area contributed by atoms with Crippen molar-refractivity contribution in [2.75, 3.05) is 13.7 Å². The van der Waals surface area contributed by atoms with E-state index in [2.05, 4.69) is 11.9 Å². The zero-order valence-corrected chi connectivity index (χ0v) is 12.3. The number of methoxy groups -OCH3 is 1. The number of halogens is 1. The zero-order valence-electron chi connectivity index (χ0n) is 11.5. The Kier molecular flexibility index (Phi) is 5.60. The highest BCUT2D eigenvalue weighted by molar-refractivity contribution is 5.85. The summed E-state index contributed by atoms with van der Waals surface area (Å²) in [4.78, 5) is 12.1. The van der Waals surface area contributed by atoms with Crippen molar-refractivity contribution in [3.8, 4) is 5.75 Å². The number of carbonyl (C=O) groups is 1. The number of carbonyl (C=O) groups excluding carboxylic acids is 1. The van der Waals surface area contributed by atoms with E-state index >= 15 is 0 Å². The maximum Gasteiger partial charge on any atom is 0.326 e. The fourth-order valence-corrected chi connectivity index (χ4v) is 2.64. The molecule has 0 spiro atoms. The standard InChI is InChI=1S/C15H19NO3.ClH/c1-3-8-16-15(14(18)19-2)7-6-11-9-13(17)5-4-12(11)10-15;/h3-5,9,16-17H,1,6-8,10H2,2H3;1H. The Morgan fingerprint density at radius 2 is 2.30 bits per heavy atom. The number of benzene rings is 1. The first-order valence-electron chi connectivity index (χ1n) is 6.36. The molecule has 0 aromatic heterocycles. The molecule has 0 saturated carbocycles. The fraction of sp³-hybridized carbons (Fsp3) is 0.400. The topological polar surface area (TPSA) is 58.6 Å². The Morgan fingerprint density at radius 3 is 2.95 bits per heavy atom. The highest BCUT2D eigenvalue weighted by Crippen LogP contribution is 2.31. The third kappa shape index (κ3) is 3.14. The van der Waals surface area contributed by atoms with Gasteiger partial charge in [0.2, 0.25) is 0 Å². The van der Waals surface area contributed by atoms with Crippen LogP contribution in [0.1, 0.15) is 17.5 Å². The summed E-state index contributed by atoms with van der Waals surface area (Å²) in [7, 11) is 1.41. The van der Waals surface area contributed by atoms with E-state index in [1.165, 1.54) is 7.11 Å². The van der Waals surface area contributed by atoms with Crippen molar-refractivity contribution in [2.45, 2.75) is 24.8 Å². The van der Waals surface area contributed by atoms with Crippen molar-refractivity contribution in [3.63, 3.8) is 0 Å². The Labute approximate surface area is 125 Å². The molecule has 1 unspecified atom stereocenters. The largest absolute Gasteiger partial charge is 0.508 e. The molecule has 20 heavy (non-hydrogen) atoms. The lowest BCUT2D eigenvalue weighted by molar-refractivity contribution is -0.149. The summed E-state index contributed by atoms with van der Waals surface area (Å²) < 4.78 is 4.94. The van der Waals surface area contributed by atoms with Crippen molar-refractivity contribution in [2.24, 2.45) is 0 Å².